The van der Waals surface area contributed by atoms with Crippen LogP contribution in [-0.4, -0.2) is 49.1 Å². The van der Waals surface area contributed by atoms with Crippen molar-refractivity contribution in [3.63, 3.8) is 0 Å². The van der Waals surface area contributed by atoms with E-state index < -0.39 is 0 Å². The first-order chi connectivity index (χ1) is 16.1. The summed E-state index contributed by atoms with van der Waals surface area (Å²) in [6.07, 6.45) is 3.13. The van der Waals surface area contributed by atoms with Crippen LogP contribution in [0.1, 0.15) is 30.4 Å². The largest absolute Gasteiger partial charge is 0.317 e. The van der Waals surface area contributed by atoms with Crippen molar-refractivity contribution in [2.45, 2.75) is 32.4 Å². The summed E-state index contributed by atoms with van der Waals surface area (Å²) in [4.78, 5) is 20.5. The molecule has 2 aromatic rings. The second kappa shape index (κ2) is 15.8. The summed E-state index contributed by atoms with van der Waals surface area (Å²) in [7, 11) is 0. The molecule has 180 valence electrons. The molecular weight excluding hydrogens is 424 g/mol. The van der Waals surface area contributed by atoms with Crippen LogP contribution in [0.5, 0.6) is 0 Å². The summed E-state index contributed by atoms with van der Waals surface area (Å²) in [6, 6.07) is 13.3. The zero-order valence-electron chi connectivity index (χ0n) is 18.9. The summed E-state index contributed by atoms with van der Waals surface area (Å²) in [5, 5.41) is 34.8. The summed E-state index contributed by atoms with van der Waals surface area (Å²) < 4.78 is 0. The highest BCUT2D eigenvalue weighted by molar-refractivity contribution is 5.33. The van der Waals surface area contributed by atoms with Crippen LogP contribution in [0.3, 0.4) is 0 Å². The van der Waals surface area contributed by atoms with E-state index in [0.717, 1.165) is 69.7 Å². The Balaban J connectivity index is 1.33. The molecule has 0 spiro atoms. The lowest BCUT2D eigenvalue weighted by Crippen LogP contribution is -2.26. The van der Waals surface area contributed by atoms with E-state index in [1.807, 2.05) is 0 Å². The maximum Gasteiger partial charge on any atom is 0.269 e. The van der Waals surface area contributed by atoms with Crippen molar-refractivity contribution in [3.8, 4) is 0 Å². The van der Waals surface area contributed by atoms with Gasteiger partial charge >= 0.3 is 0 Å². The molecule has 0 radical (unpaired) electrons. The Morgan fingerprint density at radius 3 is 1.12 bits per heavy atom. The normalized spacial score (nSPS) is 10.9. The number of nitrogens with one attached hydrogen (secondary N) is 4. The summed E-state index contributed by atoms with van der Waals surface area (Å²) in [6.45, 7) is 7.10. The van der Waals surface area contributed by atoms with Gasteiger partial charge in [0.1, 0.15) is 0 Å². The van der Waals surface area contributed by atoms with Crippen LogP contribution >= 0.6 is 0 Å². The molecule has 0 aliphatic heterocycles. The quantitative estimate of drug-likeness (QED) is 0.152. The van der Waals surface area contributed by atoms with Gasteiger partial charge in [-0.15, -0.1) is 0 Å². The molecule has 0 aliphatic rings. The predicted octanol–water partition coefficient (Wildman–Crippen LogP) is 2.73. The number of hydrogen-bond donors (Lipinski definition) is 4. The molecule has 0 bridgehead atoms. The molecule has 0 atom stereocenters. The second-order valence-corrected chi connectivity index (χ2v) is 7.76. The smallest absolute Gasteiger partial charge is 0.269 e. The Hall–Kier alpha value is -2.92. The summed E-state index contributed by atoms with van der Waals surface area (Å²) >= 11 is 0. The fourth-order valence-electron chi connectivity index (χ4n) is 3.20. The number of rotatable bonds is 18. The van der Waals surface area contributed by atoms with E-state index >= 15 is 0 Å². The fourth-order valence-corrected chi connectivity index (χ4v) is 3.20. The Morgan fingerprint density at radius 1 is 0.515 bits per heavy atom. The van der Waals surface area contributed by atoms with Gasteiger partial charge in [-0.1, -0.05) is 24.3 Å². The van der Waals surface area contributed by atoms with Crippen LogP contribution in [0, 0.1) is 20.2 Å². The van der Waals surface area contributed by atoms with Crippen LogP contribution in [0.15, 0.2) is 48.5 Å². The van der Waals surface area contributed by atoms with E-state index in [1.54, 1.807) is 24.3 Å². The highest BCUT2D eigenvalue weighted by Gasteiger charge is 2.04. The Kier molecular flexibility index (Phi) is 12.6. The van der Waals surface area contributed by atoms with E-state index in [2.05, 4.69) is 21.3 Å². The number of non-ortho nitro benzene ring substituents is 2. The maximum atomic E-state index is 10.6. The number of benzene rings is 2. The number of nitro groups is 2. The minimum Gasteiger partial charge on any atom is -0.317 e. The lowest BCUT2D eigenvalue weighted by atomic mass is 10.2. The molecular formula is C23H34N6O4. The topological polar surface area (TPSA) is 134 Å². The molecule has 0 aliphatic carbocycles. The van der Waals surface area contributed by atoms with Crippen LogP contribution < -0.4 is 21.3 Å². The first-order valence-corrected chi connectivity index (χ1v) is 11.4. The van der Waals surface area contributed by atoms with Crippen LogP contribution in [-0.2, 0) is 13.1 Å². The maximum absolute atomic E-state index is 10.6. The van der Waals surface area contributed by atoms with Crippen LogP contribution in [0.4, 0.5) is 11.4 Å². The minimum absolute atomic E-state index is 0.119. The minimum atomic E-state index is -0.386. The van der Waals surface area contributed by atoms with Gasteiger partial charge in [0, 0.05) is 37.4 Å². The van der Waals surface area contributed by atoms with E-state index in [0.29, 0.717) is 13.1 Å². The average molecular weight is 459 g/mol. The molecule has 33 heavy (non-hydrogen) atoms. The number of hydrogen-bond acceptors (Lipinski definition) is 8. The molecule has 0 unspecified atom stereocenters. The third-order valence-corrected chi connectivity index (χ3v) is 5.07. The lowest BCUT2D eigenvalue weighted by Gasteiger charge is -2.08. The van der Waals surface area contributed by atoms with Crippen LogP contribution in [0.25, 0.3) is 0 Å². The second-order valence-electron chi connectivity index (χ2n) is 7.76. The monoisotopic (exact) mass is 458 g/mol. The van der Waals surface area contributed by atoms with E-state index in [4.69, 9.17) is 0 Å². The summed E-state index contributed by atoms with van der Waals surface area (Å²) in [5.41, 5.74) is 2.32. The molecule has 2 rings (SSSR count). The number of nitrogens with zero attached hydrogens (tertiary/aromatic N) is 2. The van der Waals surface area contributed by atoms with Crippen molar-refractivity contribution in [2.75, 3.05) is 39.3 Å². The molecule has 0 saturated heterocycles. The van der Waals surface area contributed by atoms with Crippen molar-refractivity contribution in [3.05, 3.63) is 79.9 Å². The highest BCUT2D eigenvalue weighted by Crippen LogP contribution is 2.12. The standard InChI is InChI=1S/C23H34N6O4/c30-28(31)22-8-4-20(5-9-22)18-26-16-2-14-24-12-1-13-25-15-3-17-27-19-21-6-10-23(11-7-21)29(32)33/h4-11,24-27H,1-3,12-19H2. The molecule has 0 saturated carbocycles. The molecule has 0 amide bonds. The third-order valence-electron chi connectivity index (χ3n) is 5.07. The van der Waals surface area contributed by atoms with Crippen molar-refractivity contribution in [1.29, 1.82) is 0 Å². The Morgan fingerprint density at radius 2 is 0.818 bits per heavy atom. The first-order valence-electron chi connectivity index (χ1n) is 11.4. The first kappa shape index (κ1) is 26.3. The van der Waals surface area contributed by atoms with Gasteiger partial charge in [0.15, 0.2) is 0 Å². The van der Waals surface area contributed by atoms with E-state index in [9.17, 15) is 20.2 Å². The molecule has 0 aromatic heterocycles. The van der Waals surface area contributed by atoms with Gasteiger partial charge in [-0.2, -0.15) is 0 Å². The SMILES string of the molecule is O=[N+]([O-])c1ccc(CNCCCNCCCNCCCNCc2ccc([N+](=O)[O-])cc2)cc1. The van der Waals surface area contributed by atoms with Gasteiger partial charge in [0.2, 0.25) is 0 Å². The van der Waals surface area contributed by atoms with Crippen molar-refractivity contribution in [1.82, 2.24) is 21.3 Å². The molecule has 10 heteroatoms. The lowest BCUT2D eigenvalue weighted by molar-refractivity contribution is -0.385. The Bertz CT molecular complexity index is 760. The predicted molar refractivity (Wildman–Crippen MR) is 129 cm³/mol. The zero-order valence-corrected chi connectivity index (χ0v) is 18.9. The fraction of sp³-hybridized carbons (Fsp3) is 0.478. The number of nitro benzene ring substituents is 2. The van der Waals surface area contributed by atoms with E-state index in [-0.39, 0.29) is 21.2 Å². The Labute approximate surface area is 194 Å². The molecule has 0 fully saturated rings. The highest BCUT2D eigenvalue weighted by atomic mass is 16.6. The van der Waals surface area contributed by atoms with Crippen molar-refractivity contribution >= 4 is 11.4 Å². The van der Waals surface area contributed by atoms with Gasteiger partial charge < -0.3 is 21.3 Å². The average Bonchev–Trinajstić information content (AvgIpc) is 2.82. The molecule has 2 aromatic carbocycles. The molecule has 0 heterocycles. The molecule has 10 nitrogen and oxygen atoms in total. The molecule has 4 N–H and O–H groups in total. The van der Waals surface area contributed by atoms with Crippen LogP contribution in [0.2, 0.25) is 0 Å². The van der Waals surface area contributed by atoms with E-state index in [1.165, 1.54) is 24.3 Å². The van der Waals surface area contributed by atoms with Gasteiger partial charge in [-0.25, -0.2) is 0 Å². The van der Waals surface area contributed by atoms with Crippen molar-refractivity contribution < 1.29 is 9.85 Å². The summed E-state index contributed by atoms with van der Waals surface area (Å²) in [5.74, 6) is 0. The van der Waals surface area contributed by atoms with Gasteiger partial charge in [0.05, 0.1) is 9.85 Å². The van der Waals surface area contributed by atoms with Gasteiger partial charge in [-0.05, 0) is 69.7 Å². The third kappa shape index (κ3) is 11.5. The van der Waals surface area contributed by atoms with Gasteiger partial charge in [-0.3, -0.25) is 20.2 Å². The van der Waals surface area contributed by atoms with Crippen molar-refractivity contribution in [2.24, 2.45) is 0 Å². The zero-order chi connectivity index (χ0) is 23.7. The van der Waals surface area contributed by atoms with Gasteiger partial charge in [0.25, 0.3) is 11.4 Å².